The Morgan fingerprint density at radius 1 is 1.24 bits per heavy atom. The van der Waals surface area contributed by atoms with Crippen LogP contribution in [0.1, 0.15) is 15.9 Å². The van der Waals surface area contributed by atoms with E-state index >= 15 is 0 Å². The van der Waals surface area contributed by atoms with Crippen molar-refractivity contribution in [2.75, 3.05) is 7.11 Å². The van der Waals surface area contributed by atoms with Crippen molar-refractivity contribution in [1.29, 1.82) is 0 Å². The number of fused-ring (bicyclic) bond motifs is 1. The van der Waals surface area contributed by atoms with Crippen LogP contribution in [0.2, 0.25) is 0 Å². The van der Waals surface area contributed by atoms with Gasteiger partial charge in [-0.3, -0.25) is 19.9 Å². The van der Waals surface area contributed by atoms with Gasteiger partial charge in [-0.25, -0.2) is 4.79 Å². The van der Waals surface area contributed by atoms with E-state index in [4.69, 9.17) is 4.74 Å². The van der Waals surface area contributed by atoms with Crippen LogP contribution in [-0.4, -0.2) is 40.0 Å². The SMILES string of the molecule is COc1ccc([N+](=O)[O-])cc1C[C@@H](NC(=O)c1ccnc2ccccc12)C(=O)O. The second-order valence-electron chi connectivity index (χ2n) is 6.20. The summed E-state index contributed by atoms with van der Waals surface area (Å²) in [5.41, 5.74) is 0.991. The highest BCUT2D eigenvalue weighted by molar-refractivity contribution is 6.07. The molecule has 0 fully saturated rings. The Morgan fingerprint density at radius 2 is 2.00 bits per heavy atom. The Kier molecular flexibility index (Phi) is 5.68. The number of hydrogen-bond donors (Lipinski definition) is 2. The zero-order valence-electron chi connectivity index (χ0n) is 15.4. The molecular formula is C20H17N3O6. The fourth-order valence-corrected chi connectivity index (χ4v) is 2.99. The van der Waals surface area contributed by atoms with Crippen LogP contribution in [0.5, 0.6) is 5.75 Å². The summed E-state index contributed by atoms with van der Waals surface area (Å²) < 4.78 is 5.17. The summed E-state index contributed by atoms with van der Waals surface area (Å²) >= 11 is 0. The number of para-hydroxylation sites is 1. The van der Waals surface area contributed by atoms with Crippen LogP contribution in [0.15, 0.2) is 54.7 Å². The number of amides is 1. The molecule has 0 radical (unpaired) electrons. The van der Waals surface area contributed by atoms with Crippen LogP contribution in [0.3, 0.4) is 0 Å². The number of nitrogens with zero attached hydrogens (tertiary/aromatic N) is 2. The number of non-ortho nitro benzene ring substituents is 1. The molecule has 9 heteroatoms. The lowest BCUT2D eigenvalue weighted by molar-refractivity contribution is -0.384. The molecule has 0 spiro atoms. The maximum Gasteiger partial charge on any atom is 0.326 e. The van der Waals surface area contributed by atoms with Gasteiger partial charge in [0.15, 0.2) is 0 Å². The minimum atomic E-state index is -1.31. The molecule has 1 aromatic heterocycles. The summed E-state index contributed by atoms with van der Waals surface area (Å²) in [7, 11) is 1.38. The molecule has 2 aromatic carbocycles. The van der Waals surface area contributed by atoms with Gasteiger partial charge in [0.25, 0.3) is 11.6 Å². The molecule has 0 saturated heterocycles. The third-order valence-corrected chi connectivity index (χ3v) is 4.40. The highest BCUT2D eigenvalue weighted by atomic mass is 16.6. The van der Waals surface area contributed by atoms with E-state index in [0.717, 1.165) is 0 Å². The Labute approximate surface area is 165 Å². The van der Waals surface area contributed by atoms with E-state index in [0.29, 0.717) is 22.2 Å². The van der Waals surface area contributed by atoms with Crippen molar-refractivity contribution in [2.45, 2.75) is 12.5 Å². The van der Waals surface area contributed by atoms with Crippen LogP contribution < -0.4 is 10.1 Å². The van der Waals surface area contributed by atoms with Crippen molar-refractivity contribution in [1.82, 2.24) is 10.3 Å². The van der Waals surface area contributed by atoms with Gasteiger partial charge in [-0.15, -0.1) is 0 Å². The molecule has 0 bridgehead atoms. The molecule has 148 valence electrons. The van der Waals surface area contributed by atoms with E-state index in [2.05, 4.69) is 10.3 Å². The number of benzene rings is 2. The zero-order valence-corrected chi connectivity index (χ0v) is 15.4. The van der Waals surface area contributed by atoms with E-state index in [1.54, 1.807) is 24.3 Å². The van der Waals surface area contributed by atoms with Crippen LogP contribution in [-0.2, 0) is 11.2 Å². The van der Waals surface area contributed by atoms with Gasteiger partial charge in [0, 0.05) is 35.7 Å². The molecule has 0 aliphatic rings. The molecule has 29 heavy (non-hydrogen) atoms. The summed E-state index contributed by atoms with van der Waals surface area (Å²) in [5, 5.41) is 23.7. The van der Waals surface area contributed by atoms with Crippen molar-refractivity contribution in [3.05, 3.63) is 76.0 Å². The largest absolute Gasteiger partial charge is 0.496 e. The molecule has 2 N–H and O–H groups in total. The first-order valence-electron chi connectivity index (χ1n) is 8.59. The van der Waals surface area contributed by atoms with E-state index in [1.165, 1.54) is 37.6 Å². The highest BCUT2D eigenvalue weighted by Crippen LogP contribution is 2.25. The summed E-state index contributed by atoms with van der Waals surface area (Å²) in [5.74, 6) is -1.56. The summed E-state index contributed by atoms with van der Waals surface area (Å²) in [6.07, 6.45) is 1.28. The molecular weight excluding hydrogens is 378 g/mol. The minimum absolute atomic E-state index is 0.186. The quantitative estimate of drug-likeness (QED) is 0.464. The van der Waals surface area contributed by atoms with Crippen LogP contribution in [0.25, 0.3) is 10.9 Å². The fourth-order valence-electron chi connectivity index (χ4n) is 2.99. The van der Waals surface area contributed by atoms with Gasteiger partial charge in [0.2, 0.25) is 0 Å². The number of hydrogen-bond acceptors (Lipinski definition) is 6. The number of pyridine rings is 1. The molecule has 9 nitrogen and oxygen atoms in total. The Morgan fingerprint density at radius 3 is 2.69 bits per heavy atom. The summed E-state index contributed by atoms with van der Waals surface area (Å²) in [4.78, 5) is 39.1. The van der Waals surface area contributed by atoms with E-state index in [1.807, 2.05) is 0 Å². The number of carbonyl (C=O) groups is 2. The van der Waals surface area contributed by atoms with Crippen molar-refractivity contribution >= 4 is 28.5 Å². The minimum Gasteiger partial charge on any atom is -0.496 e. The third-order valence-electron chi connectivity index (χ3n) is 4.40. The molecule has 1 amide bonds. The summed E-state index contributed by atoms with van der Waals surface area (Å²) in [6.45, 7) is 0. The second kappa shape index (κ2) is 8.34. The number of aromatic nitrogens is 1. The maximum atomic E-state index is 12.8. The average molecular weight is 395 g/mol. The lowest BCUT2D eigenvalue weighted by atomic mass is 10.0. The molecule has 0 aliphatic heterocycles. The standard InChI is InChI=1S/C20H17N3O6/c1-29-18-7-6-13(23(27)28)10-12(18)11-17(20(25)26)22-19(24)15-8-9-21-16-5-3-2-4-14(15)16/h2-10,17H,11H2,1H3,(H,22,24)(H,25,26)/t17-/m1/s1. The number of nitro groups is 1. The van der Waals surface area contributed by atoms with E-state index in [9.17, 15) is 24.8 Å². The number of ether oxygens (including phenoxy) is 1. The average Bonchev–Trinajstić information content (AvgIpc) is 2.72. The van der Waals surface area contributed by atoms with E-state index in [-0.39, 0.29) is 17.7 Å². The van der Waals surface area contributed by atoms with Gasteiger partial charge in [0.05, 0.1) is 23.1 Å². The van der Waals surface area contributed by atoms with Gasteiger partial charge in [0.1, 0.15) is 11.8 Å². The van der Waals surface area contributed by atoms with E-state index < -0.39 is 22.8 Å². The normalized spacial score (nSPS) is 11.6. The summed E-state index contributed by atoms with van der Waals surface area (Å²) in [6, 6.07) is 11.1. The second-order valence-corrected chi connectivity index (χ2v) is 6.20. The van der Waals surface area contributed by atoms with Crippen molar-refractivity contribution < 1.29 is 24.4 Å². The first-order valence-corrected chi connectivity index (χ1v) is 8.59. The number of nitro benzene ring substituents is 1. The molecule has 1 heterocycles. The van der Waals surface area contributed by atoms with Crippen LogP contribution >= 0.6 is 0 Å². The predicted octanol–water partition coefficient (Wildman–Crippen LogP) is 2.58. The number of carbonyl (C=O) groups excluding carboxylic acids is 1. The van der Waals surface area contributed by atoms with Gasteiger partial charge in [-0.05, 0) is 18.2 Å². The Bertz CT molecular complexity index is 1090. The van der Waals surface area contributed by atoms with Gasteiger partial charge in [-0.2, -0.15) is 0 Å². The number of aliphatic carboxylic acids is 1. The van der Waals surface area contributed by atoms with Crippen LogP contribution in [0, 0.1) is 10.1 Å². The first-order chi connectivity index (χ1) is 13.9. The third kappa shape index (κ3) is 4.29. The fraction of sp³-hybridized carbons (Fsp3) is 0.150. The lowest BCUT2D eigenvalue weighted by Gasteiger charge is -2.17. The highest BCUT2D eigenvalue weighted by Gasteiger charge is 2.24. The number of carboxylic acid groups (broad SMARTS) is 1. The Hall–Kier alpha value is -4.01. The van der Waals surface area contributed by atoms with Crippen molar-refractivity contribution in [3.63, 3.8) is 0 Å². The molecule has 0 aliphatic carbocycles. The molecule has 3 rings (SSSR count). The number of nitrogens with one attached hydrogen (secondary N) is 1. The molecule has 0 saturated carbocycles. The number of rotatable bonds is 7. The number of carboxylic acids is 1. The monoisotopic (exact) mass is 395 g/mol. The smallest absolute Gasteiger partial charge is 0.326 e. The van der Waals surface area contributed by atoms with Crippen molar-refractivity contribution in [3.8, 4) is 5.75 Å². The van der Waals surface area contributed by atoms with Gasteiger partial charge >= 0.3 is 5.97 Å². The van der Waals surface area contributed by atoms with Gasteiger partial charge < -0.3 is 15.2 Å². The van der Waals surface area contributed by atoms with Crippen molar-refractivity contribution in [2.24, 2.45) is 0 Å². The molecule has 0 unspecified atom stereocenters. The topological polar surface area (TPSA) is 132 Å². The van der Waals surface area contributed by atoms with Crippen LogP contribution in [0.4, 0.5) is 5.69 Å². The Balaban J connectivity index is 1.89. The molecule has 3 aromatic rings. The zero-order chi connectivity index (χ0) is 21.0. The number of methoxy groups -OCH3 is 1. The maximum absolute atomic E-state index is 12.8. The first kappa shape index (κ1) is 19.7. The lowest BCUT2D eigenvalue weighted by Crippen LogP contribution is -2.42. The van der Waals surface area contributed by atoms with Gasteiger partial charge in [-0.1, -0.05) is 18.2 Å². The predicted molar refractivity (Wildman–Crippen MR) is 104 cm³/mol. The molecule has 1 atom stereocenters.